The van der Waals surface area contributed by atoms with E-state index < -0.39 is 10.0 Å². The molecule has 0 radical (unpaired) electrons. The highest BCUT2D eigenvalue weighted by Gasteiger charge is 2.40. The third-order valence-electron chi connectivity index (χ3n) is 3.91. The van der Waals surface area contributed by atoms with Gasteiger partial charge in [-0.1, -0.05) is 0 Å². The van der Waals surface area contributed by atoms with E-state index in [4.69, 9.17) is 15.6 Å². The Morgan fingerprint density at radius 1 is 1.25 bits per heavy atom. The molecule has 20 heavy (non-hydrogen) atoms. The first kappa shape index (κ1) is 13.7. The highest BCUT2D eigenvalue weighted by molar-refractivity contribution is 7.89. The number of hydrogen-bond acceptors (Lipinski definition) is 5. The van der Waals surface area contributed by atoms with Gasteiger partial charge in [-0.25, -0.2) is 13.6 Å². The zero-order chi connectivity index (χ0) is 14.3. The second kappa shape index (κ2) is 4.91. The van der Waals surface area contributed by atoms with Crippen LogP contribution in [0.15, 0.2) is 23.1 Å². The first-order valence-corrected chi connectivity index (χ1v) is 8.30. The summed E-state index contributed by atoms with van der Waals surface area (Å²) in [5.41, 5.74) is 7.03. The van der Waals surface area contributed by atoms with E-state index in [1.54, 1.807) is 6.07 Å². The highest BCUT2D eigenvalue weighted by atomic mass is 32.2. The minimum absolute atomic E-state index is 0.0296. The fourth-order valence-corrected chi connectivity index (χ4v) is 3.25. The molecule has 1 saturated carbocycles. The Kier molecular flexibility index (Phi) is 3.35. The van der Waals surface area contributed by atoms with Crippen LogP contribution in [0.25, 0.3) is 0 Å². The summed E-state index contributed by atoms with van der Waals surface area (Å²) in [6.07, 6.45) is 3.63. The Morgan fingerprint density at radius 3 is 2.60 bits per heavy atom. The molecule has 7 heteroatoms. The molecule has 0 spiro atoms. The molecule has 1 saturated heterocycles. The van der Waals surface area contributed by atoms with Crippen LogP contribution in [-0.4, -0.2) is 27.2 Å². The van der Waals surface area contributed by atoms with Gasteiger partial charge in [-0.3, -0.25) is 0 Å². The lowest BCUT2D eigenvalue weighted by Gasteiger charge is -2.21. The van der Waals surface area contributed by atoms with Crippen molar-refractivity contribution in [3.63, 3.8) is 0 Å². The van der Waals surface area contributed by atoms with Crippen LogP contribution in [0, 0.1) is 5.92 Å². The van der Waals surface area contributed by atoms with Crippen LogP contribution in [-0.2, 0) is 14.8 Å². The molecule has 6 nitrogen and oxygen atoms in total. The number of anilines is 2. The molecule has 110 valence electrons. The van der Waals surface area contributed by atoms with E-state index in [0.717, 1.165) is 18.7 Å². The van der Waals surface area contributed by atoms with E-state index in [1.165, 1.54) is 25.0 Å². The Labute approximate surface area is 118 Å². The standard InChI is InChI=1S/C13H19N3O3S/c14-10-7-9(20(15,17)18)3-4-11(10)16-12-5-6-19-13(12)8-1-2-8/h3-4,7-8,12-13,16H,1-2,5-6,14H2,(H2,15,17,18). The largest absolute Gasteiger partial charge is 0.397 e. The van der Waals surface area contributed by atoms with E-state index in [0.29, 0.717) is 11.6 Å². The van der Waals surface area contributed by atoms with Crippen molar-refractivity contribution in [1.82, 2.24) is 0 Å². The molecule has 2 aliphatic rings. The molecule has 5 N–H and O–H groups in total. The summed E-state index contributed by atoms with van der Waals surface area (Å²) in [5.74, 6) is 0.653. The maximum atomic E-state index is 11.3. The zero-order valence-electron chi connectivity index (χ0n) is 11.1. The van der Waals surface area contributed by atoms with Gasteiger partial charge in [0.1, 0.15) is 0 Å². The molecule has 1 aromatic rings. The average Bonchev–Trinajstić information content (AvgIpc) is 3.11. The van der Waals surface area contributed by atoms with Crippen LogP contribution in [0.2, 0.25) is 0 Å². The number of nitrogens with two attached hydrogens (primary N) is 2. The van der Waals surface area contributed by atoms with Crippen molar-refractivity contribution >= 4 is 21.4 Å². The molecule has 1 aromatic carbocycles. The van der Waals surface area contributed by atoms with Gasteiger partial charge in [-0.15, -0.1) is 0 Å². The zero-order valence-corrected chi connectivity index (χ0v) is 11.9. The molecule has 0 amide bonds. The van der Waals surface area contributed by atoms with Gasteiger partial charge in [0, 0.05) is 6.61 Å². The summed E-state index contributed by atoms with van der Waals surface area (Å²) in [4.78, 5) is 0.0296. The maximum absolute atomic E-state index is 11.3. The normalized spacial score (nSPS) is 26.6. The van der Waals surface area contributed by atoms with Gasteiger partial charge in [0.2, 0.25) is 10.0 Å². The molecule has 1 aliphatic heterocycles. The molecular formula is C13H19N3O3S. The number of benzene rings is 1. The quantitative estimate of drug-likeness (QED) is 0.716. The number of sulfonamides is 1. The summed E-state index contributed by atoms with van der Waals surface area (Å²) in [7, 11) is -3.72. The molecule has 2 fully saturated rings. The number of hydrogen-bond donors (Lipinski definition) is 3. The molecule has 0 aromatic heterocycles. The molecule has 1 heterocycles. The molecule has 2 atom stereocenters. The van der Waals surface area contributed by atoms with Gasteiger partial charge < -0.3 is 15.8 Å². The summed E-state index contributed by atoms with van der Waals surface area (Å²) in [6.45, 7) is 0.758. The second-order valence-electron chi connectivity index (χ2n) is 5.51. The van der Waals surface area contributed by atoms with Gasteiger partial charge in [-0.05, 0) is 43.4 Å². The molecule has 3 rings (SSSR count). The van der Waals surface area contributed by atoms with Crippen molar-refractivity contribution < 1.29 is 13.2 Å². The van der Waals surface area contributed by atoms with E-state index in [-0.39, 0.29) is 17.0 Å². The van der Waals surface area contributed by atoms with Crippen molar-refractivity contribution in [1.29, 1.82) is 0 Å². The van der Waals surface area contributed by atoms with Gasteiger partial charge >= 0.3 is 0 Å². The molecular weight excluding hydrogens is 278 g/mol. The SMILES string of the molecule is Nc1cc(S(N)(=O)=O)ccc1NC1CCOC1C1CC1. The van der Waals surface area contributed by atoms with Crippen molar-refractivity contribution in [3.05, 3.63) is 18.2 Å². The van der Waals surface area contributed by atoms with E-state index >= 15 is 0 Å². The molecule has 0 bridgehead atoms. The van der Waals surface area contributed by atoms with Gasteiger partial charge in [0.05, 0.1) is 28.4 Å². The third kappa shape index (κ3) is 2.74. The Balaban J connectivity index is 1.77. The van der Waals surface area contributed by atoms with E-state index in [1.807, 2.05) is 0 Å². The summed E-state index contributed by atoms with van der Waals surface area (Å²) < 4.78 is 28.3. The first-order valence-electron chi connectivity index (χ1n) is 6.75. The fourth-order valence-electron chi connectivity index (χ4n) is 2.70. The molecule has 2 unspecified atom stereocenters. The predicted octanol–water partition coefficient (Wildman–Crippen LogP) is 0.896. The van der Waals surface area contributed by atoms with E-state index in [2.05, 4.69) is 5.32 Å². The maximum Gasteiger partial charge on any atom is 0.238 e. The van der Waals surface area contributed by atoms with Crippen LogP contribution < -0.4 is 16.2 Å². The van der Waals surface area contributed by atoms with Gasteiger partial charge in [0.15, 0.2) is 0 Å². The van der Waals surface area contributed by atoms with Crippen molar-refractivity contribution in [2.24, 2.45) is 11.1 Å². The first-order chi connectivity index (χ1) is 9.45. The van der Waals surface area contributed by atoms with Gasteiger partial charge in [0.25, 0.3) is 0 Å². The van der Waals surface area contributed by atoms with Crippen LogP contribution in [0.4, 0.5) is 11.4 Å². The fraction of sp³-hybridized carbons (Fsp3) is 0.538. The van der Waals surface area contributed by atoms with Crippen molar-refractivity contribution in [2.75, 3.05) is 17.7 Å². The summed E-state index contributed by atoms with van der Waals surface area (Å²) in [5, 5.41) is 8.46. The predicted molar refractivity (Wildman–Crippen MR) is 76.7 cm³/mol. The number of nitrogens with one attached hydrogen (secondary N) is 1. The lowest BCUT2D eigenvalue weighted by molar-refractivity contribution is 0.0898. The van der Waals surface area contributed by atoms with Crippen LogP contribution >= 0.6 is 0 Å². The smallest absolute Gasteiger partial charge is 0.238 e. The summed E-state index contributed by atoms with van der Waals surface area (Å²) in [6, 6.07) is 4.76. The van der Waals surface area contributed by atoms with Crippen LogP contribution in [0.1, 0.15) is 19.3 Å². The van der Waals surface area contributed by atoms with Crippen molar-refractivity contribution in [2.45, 2.75) is 36.3 Å². The topological polar surface area (TPSA) is 107 Å². The lowest BCUT2D eigenvalue weighted by atomic mass is 10.1. The third-order valence-corrected chi connectivity index (χ3v) is 4.83. The minimum Gasteiger partial charge on any atom is -0.397 e. The minimum atomic E-state index is -3.72. The average molecular weight is 297 g/mol. The number of nitrogen functional groups attached to an aromatic ring is 1. The van der Waals surface area contributed by atoms with E-state index in [9.17, 15) is 8.42 Å². The second-order valence-corrected chi connectivity index (χ2v) is 7.07. The summed E-state index contributed by atoms with van der Waals surface area (Å²) >= 11 is 0. The van der Waals surface area contributed by atoms with Crippen molar-refractivity contribution in [3.8, 4) is 0 Å². The number of ether oxygens (including phenoxy) is 1. The Morgan fingerprint density at radius 2 is 2.00 bits per heavy atom. The number of primary sulfonamides is 1. The number of rotatable bonds is 4. The van der Waals surface area contributed by atoms with Gasteiger partial charge in [-0.2, -0.15) is 0 Å². The Hall–Kier alpha value is -1.31. The van der Waals surface area contributed by atoms with Crippen LogP contribution in [0.3, 0.4) is 0 Å². The monoisotopic (exact) mass is 297 g/mol. The molecule has 1 aliphatic carbocycles. The van der Waals surface area contributed by atoms with Crippen LogP contribution in [0.5, 0.6) is 0 Å². The Bertz CT molecular complexity index is 613. The lowest BCUT2D eigenvalue weighted by Crippen LogP contribution is -2.31. The highest BCUT2D eigenvalue weighted by Crippen LogP contribution is 2.40.